The van der Waals surface area contributed by atoms with Gasteiger partial charge in [-0.3, -0.25) is 0 Å². The van der Waals surface area contributed by atoms with Gasteiger partial charge in [-0.15, -0.1) is 11.6 Å². The molecule has 1 N–H and O–H groups in total. The molecule has 0 unspecified atom stereocenters. The summed E-state index contributed by atoms with van der Waals surface area (Å²) in [5, 5.41) is 2.64. The Labute approximate surface area is 93.4 Å². The molecule has 0 bridgehead atoms. The molecule has 15 heavy (non-hydrogen) atoms. The molecule has 1 aliphatic rings. The van der Waals surface area contributed by atoms with Crippen LogP contribution in [0.2, 0.25) is 0 Å². The van der Waals surface area contributed by atoms with Crippen molar-refractivity contribution >= 4 is 17.7 Å². The van der Waals surface area contributed by atoms with Gasteiger partial charge in [-0.2, -0.15) is 0 Å². The predicted octanol–water partition coefficient (Wildman–Crippen LogP) is 1.95. The number of carbonyl (C=O) groups is 1. The molecular formula is C11H12ClNO2. The number of carbonyl (C=O) groups excluding carboxylic acids is 1. The Kier molecular flexibility index (Phi) is 2.82. The minimum atomic E-state index is -0.583. The van der Waals surface area contributed by atoms with Crippen molar-refractivity contribution in [2.45, 2.75) is 12.0 Å². The van der Waals surface area contributed by atoms with Gasteiger partial charge >= 0.3 is 6.09 Å². The van der Waals surface area contributed by atoms with E-state index in [0.717, 1.165) is 5.56 Å². The number of alkyl halides is 1. The molecule has 1 aromatic carbocycles. The number of nitrogens with one attached hydrogen (secondary N) is 1. The molecule has 1 fully saturated rings. The van der Waals surface area contributed by atoms with Crippen LogP contribution in [0.15, 0.2) is 30.3 Å². The summed E-state index contributed by atoms with van der Waals surface area (Å²) < 4.78 is 5.22. The van der Waals surface area contributed by atoms with Gasteiger partial charge in [-0.1, -0.05) is 30.3 Å². The standard InChI is InChI=1S/C11H12ClNO2/c12-7-11(8-13-10(14)15-11)6-9-4-2-1-3-5-9/h1-5H,6-8H2,(H,13,14)/t11-/m1/s1. The fourth-order valence-corrected chi connectivity index (χ4v) is 1.93. The maximum absolute atomic E-state index is 11.0. The molecule has 0 aromatic heterocycles. The summed E-state index contributed by atoms with van der Waals surface area (Å²) in [6, 6.07) is 9.87. The summed E-state index contributed by atoms with van der Waals surface area (Å²) in [4.78, 5) is 11.0. The molecule has 1 saturated heterocycles. The zero-order valence-corrected chi connectivity index (χ0v) is 8.96. The number of amides is 1. The van der Waals surface area contributed by atoms with E-state index < -0.39 is 5.60 Å². The summed E-state index contributed by atoms with van der Waals surface area (Å²) in [6.07, 6.45) is 0.266. The fourth-order valence-electron chi connectivity index (χ4n) is 1.69. The number of cyclic esters (lactones) is 1. The van der Waals surface area contributed by atoms with Crippen LogP contribution in [0.3, 0.4) is 0 Å². The molecule has 1 amide bonds. The molecule has 1 heterocycles. The monoisotopic (exact) mass is 225 g/mol. The van der Waals surface area contributed by atoms with Crippen molar-refractivity contribution in [3.63, 3.8) is 0 Å². The van der Waals surface area contributed by atoms with Crippen LogP contribution in [0.4, 0.5) is 4.79 Å². The zero-order valence-electron chi connectivity index (χ0n) is 8.20. The average molecular weight is 226 g/mol. The largest absolute Gasteiger partial charge is 0.439 e. The molecule has 0 aliphatic carbocycles. The smallest absolute Gasteiger partial charge is 0.407 e. The SMILES string of the molecule is O=C1NC[C@](CCl)(Cc2ccccc2)O1. The Balaban J connectivity index is 2.12. The molecule has 1 atom stereocenters. The van der Waals surface area contributed by atoms with E-state index in [-0.39, 0.29) is 6.09 Å². The van der Waals surface area contributed by atoms with Crippen LogP contribution in [0.25, 0.3) is 0 Å². The lowest BCUT2D eigenvalue weighted by Gasteiger charge is -2.23. The average Bonchev–Trinajstić information content (AvgIpc) is 2.62. The van der Waals surface area contributed by atoms with Gasteiger partial charge in [0.15, 0.2) is 0 Å². The zero-order chi connectivity index (χ0) is 10.7. The summed E-state index contributed by atoms with van der Waals surface area (Å²) in [6.45, 7) is 0.476. The van der Waals surface area contributed by atoms with E-state index >= 15 is 0 Å². The molecule has 3 nitrogen and oxygen atoms in total. The topological polar surface area (TPSA) is 38.3 Å². The van der Waals surface area contributed by atoms with Crippen molar-refractivity contribution in [2.24, 2.45) is 0 Å². The maximum Gasteiger partial charge on any atom is 0.407 e. The second kappa shape index (κ2) is 4.11. The van der Waals surface area contributed by atoms with Crippen LogP contribution >= 0.6 is 11.6 Å². The minimum absolute atomic E-state index is 0.306. The molecule has 2 rings (SSSR count). The lowest BCUT2D eigenvalue weighted by atomic mass is 9.97. The number of hydrogen-bond donors (Lipinski definition) is 1. The summed E-state index contributed by atoms with van der Waals surface area (Å²) in [5.41, 5.74) is 0.537. The van der Waals surface area contributed by atoms with Crippen molar-refractivity contribution in [2.75, 3.05) is 12.4 Å². The third kappa shape index (κ3) is 2.23. The van der Waals surface area contributed by atoms with E-state index in [2.05, 4.69) is 5.32 Å². The van der Waals surface area contributed by atoms with Crippen LogP contribution < -0.4 is 5.32 Å². The molecule has 80 valence electrons. The van der Waals surface area contributed by atoms with Gasteiger partial charge < -0.3 is 10.1 Å². The molecule has 1 aromatic rings. The first-order chi connectivity index (χ1) is 7.24. The van der Waals surface area contributed by atoms with Crippen molar-refractivity contribution < 1.29 is 9.53 Å². The first kappa shape index (κ1) is 10.3. The van der Waals surface area contributed by atoms with E-state index in [1.165, 1.54) is 0 Å². The Morgan fingerprint density at radius 3 is 2.67 bits per heavy atom. The normalized spacial score (nSPS) is 24.7. The van der Waals surface area contributed by atoms with Gasteiger partial charge in [0.1, 0.15) is 5.60 Å². The number of hydrogen-bond acceptors (Lipinski definition) is 2. The van der Waals surface area contributed by atoms with E-state index in [4.69, 9.17) is 16.3 Å². The Morgan fingerprint density at radius 2 is 2.13 bits per heavy atom. The summed E-state index contributed by atoms with van der Waals surface area (Å²) in [7, 11) is 0. The van der Waals surface area contributed by atoms with E-state index in [1.54, 1.807) is 0 Å². The van der Waals surface area contributed by atoms with Crippen LogP contribution in [0, 0.1) is 0 Å². The van der Waals surface area contributed by atoms with Crippen LogP contribution in [-0.2, 0) is 11.2 Å². The number of benzene rings is 1. The lowest BCUT2D eigenvalue weighted by Crippen LogP contribution is -2.37. The molecule has 0 saturated carbocycles. The first-order valence-corrected chi connectivity index (χ1v) is 5.34. The van der Waals surface area contributed by atoms with Crippen molar-refractivity contribution in [3.05, 3.63) is 35.9 Å². The second-order valence-electron chi connectivity index (χ2n) is 3.72. The van der Waals surface area contributed by atoms with Crippen LogP contribution in [0.1, 0.15) is 5.56 Å². The van der Waals surface area contributed by atoms with Crippen molar-refractivity contribution in [1.82, 2.24) is 5.32 Å². The van der Waals surface area contributed by atoms with E-state index in [0.29, 0.717) is 18.8 Å². The van der Waals surface area contributed by atoms with Gasteiger partial charge in [0, 0.05) is 6.42 Å². The highest BCUT2D eigenvalue weighted by Crippen LogP contribution is 2.23. The maximum atomic E-state index is 11.0. The molecule has 1 aliphatic heterocycles. The van der Waals surface area contributed by atoms with E-state index in [9.17, 15) is 4.79 Å². The third-order valence-electron chi connectivity index (χ3n) is 2.48. The highest BCUT2D eigenvalue weighted by molar-refractivity contribution is 6.18. The second-order valence-corrected chi connectivity index (χ2v) is 3.99. The highest BCUT2D eigenvalue weighted by atomic mass is 35.5. The van der Waals surface area contributed by atoms with Crippen molar-refractivity contribution in [1.29, 1.82) is 0 Å². The third-order valence-corrected chi connectivity index (χ3v) is 2.96. The molecular weight excluding hydrogens is 214 g/mol. The highest BCUT2D eigenvalue weighted by Gasteiger charge is 2.39. The van der Waals surface area contributed by atoms with Gasteiger partial charge in [0.25, 0.3) is 0 Å². The Morgan fingerprint density at radius 1 is 1.40 bits per heavy atom. The molecule has 0 spiro atoms. The number of halogens is 1. The van der Waals surface area contributed by atoms with Gasteiger partial charge in [-0.25, -0.2) is 4.79 Å². The summed E-state index contributed by atoms with van der Waals surface area (Å²) in [5.74, 6) is 0.306. The quantitative estimate of drug-likeness (QED) is 0.799. The fraction of sp³-hybridized carbons (Fsp3) is 0.364. The minimum Gasteiger partial charge on any atom is -0.439 e. The van der Waals surface area contributed by atoms with Gasteiger partial charge in [0.2, 0.25) is 0 Å². The number of alkyl carbamates (subject to hydrolysis) is 1. The number of ether oxygens (including phenoxy) is 1. The predicted molar refractivity (Wildman–Crippen MR) is 58.1 cm³/mol. The Bertz CT molecular complexity index is 355. The molecule has 4 heteroatoms. The van der Waals surface area contributed by atoms with Crippen molar-refractivity contribution in [3.8, 4) is 0 Å². The number of rotatable bonds is 3. The lowest BCUT2D eigenvalue weighted by molar-refractivity contribution is 0.0751. The first-order valence-electron chi connectivity index (χ1n) is 4.81. The molecule has 0 radical (unpaired) electrons. The van der Waals surface area contributed by atoms with E-state index in [1.807, 2.05) is 30.3 Å². The van der Waals surface area contributed by atoms with Gasteiger partial charge in [-0.05, 0) is 5.56 Å². The van der Waals surface area contributed by atoms with Crippen LogP contribution in [0.5, 0.6) is 0 Å². The Hall–Kier alpha value is -1.22. The van der Waals surface area contributed by atoms with Crippen LogP contribution in [-0.4, -0.2) is 24.1 Å². The summed E-state index contributed by atoms with van der Waals surface area (Å²) >= 11 is 5.86. The van der Waals surface area contributed by atoms with Gasteiger partial charge in [0.05, 0.1) is 12.4 Å².